The largest absolute Gasteiger partial charge is 0.309 e. The van der Waals surface area contributed by atoms with Gasteiger partial charge in [0.05, 0.1) is 22.1 Å². The Balaban J connectivity index is 0.000000141. The lowest BCUT2D eigenvalue weighted by Gasteiger charge is -2.19. The summed E-state index contributed by atoms with van der Waals surface area (Å²) in [5.41, 5.74) is 23.6. The summed E-state index contributed by atoms with van der Waals surface area (Å²) in [7, 11) is 0. The lowest BCUT2D eigenvalue weighted by molar-refractivity contribution is 0.885. The van der Waals surface area contributed by atoms with Crippen molar-refractivity contribution in [2.75, 3.05) is 0 Å². The van der Waals surface area contributed by atoms with Crippen LogP contribution < -0.4 is 0 Å². The first-order chi connectivity index (χ1) is 54.0. The second-order valence-corrected chi connectivity index (χ2v) is 29.3. The van der Waals surface area contributed by atoms with Gasteiger partial charge in [0.25, 0.3) is 0 Å². The van der Waals surface area contributed by atoms with Crippen molar-refractivity contribution in [2.24, 2.45) is 0 Å². The monoisotopic (exact) mass is 1380 g/mol. The average Bonchev–Trinajstić information content (AvgIpc) is 1.61. The summed E-state index contributed by atoms with van der Waals surface area (Å²) >= 11 is 0. The molecule has 0 aliphatic carbocycles. The average molecular weight is 1390 g/mol. The Bertz CT molecular complexity index is 7260. The molecule has 0 saturated carbocycles. The first-order valence-electron chi connectivity index (χ1n) is 38.1. The van der Waals surface area contributed by atoms with Crippen molar-refractivity contribution in [3.8, 4) is 78.1 Å². The molecular formula is C107H72N2. The number of rotatable bonds is 9. The van der Waals surface area contributed by atoms with Crippen LogP contribution in [0.3, 0.4) is 0 Å². The summed E-state index contributed by atoms with van der Waals surface area (Å²) in [6, 6.07) is 145. The molecule has 0 aliphatic heterocycles. The van der Waals surface area contributed by atoms with Crippen LogP contribution in [0.5, 0.6) is 0 Å². The maximum absolute atomic E-state index is 2.47. The highest BCUT2D eigenvalue weighted by Crippen LogP contribution is 2.51. The van der Waals surface area contributed by atoms with Crippen LogP contribution >= 0.6 is 0 Å². The Morgan fingerprint density at radius 1 is 0.174 bits per heavy atom. The van der Waals surface area contributed by atoms with Crippen LogP contribution in [0.4, 0.5) is 0 Å². The van der Waals surface area contributed by atoms with Gasteiger partial charge in [0, 0.05) is 38.3 Å². The van der Waals surface area contributed by atoms with Crippen LogP contribution in [0.2, 0.25) is 0 Å². The number of hydrogen-bond donors (Lipinski definition) is 0. The first-order valence-corrected chi connectivity index (χ1v) is 38.1. The van der Waals surface area contributed by atoms with Crippen LogP contribution in [0.1, 0.15) is 25.3 Å². The topological polar surface area (TPSA) is 9.86 Å². The zero-order valence-corrected chi connectivity index (χ0v) is 60.5. The molecular weight excluding hydrogens is 1310 g/mol. The number of aromatic nitrogens is 2. The van der Waals surface area contributed by atoms with Crippen molar-refractivity contribution in [1.29, 1.82) is 0 Å². The van der Waals surface area contributed by atoms with Gasteiger partial charge >= 0.3 is 0 Å². The normalized spacial score (nSPS) is 11.8. The van der Waals surface area contributed by atoms with Crippen LogP contribution in [-0.2, 0) is 0 Å². The number of nitrogens with zero attached hydrogens (tertiary/aromatic N) is 2. The summed E-state index contributed by atoms with van der Waals surface area (Å²) in [5.74, 6) is 0.413. The standard InChI is InChI=1S/C58H37N.C49H35N/c1-4-18-38(19-5-1)53-43-24-10-12-26-45(43)54(46-27-13-11-25-44(46)53)41-32-34-42(35-33-41)59-51-31-17-16-30-49(51)57-52(59)37-36-50-55(39-20-6-2-7-21-39)47-28-14-15-29-48(47)56(58(50)57)40-22-8-3-9-23-40;1-31(2)46-36-17-7-6-16-34(36)30-43-41(46)28-29-45-49(43)42-22-12-13-23-44(42)50(45)35-26-24-33(25-27-35)48-39-20-10-8-18-37(39)47(32-14-4-3-5-15-32)38-19-9-11-21-40(38)48/h1-37H;3-31H,1-2H3. The highest BCUT2D eigenvalue weighted by molar-refractivity contribution is 6.33. The highest BCUT2D eigenvalue weighted by atomic mass is 15.0. The van der Waals surface area contributed by atoms with Gasteiger partial charge in [0.1, 0.15) is 0 Å². The van der Waals surface area contributed by atoms with E-state index in [1.165, 1.54) is 208 Å². The smallest absolute Gasteiger partial charge is 0.0547 e. The molecule has 22 rings (SSSR count). The SMILES string of the molecule is CC(C)c1c2ccccc2cc2c1ccc1c2c2ccccc2n1-c1ccc(-c2c3ccccc3c(-c3ccccc3)c3ccccc23)cc1.c1ccc(-c2c3ccccc3c(-c3ccc(-n4c5ccccc5c5c6c(-c7ccccc7)c7ccccc7c(-c7ccccc7)c6ccc54)cc3)c3ccccc23)cc1. The Kier molecular flexibility index (Phi) is 15.2. The van der Waals surface area contributed by atoms with E-state index in [0.717, 1.165) is 5.69 Å². The van der Waals surface area contributed by atoms with Gasteiger partial charge in [-0.05, 0) is 214 Å². The summed E-state index contributed by atoms with van der Waals surface area (Å²) in [6.07, 6.45) is 0. The number of fused-ring (bicyclic) bond motifs is 16. The number of benzene rings is 20. The zero-order valence-electron chi connectivity index (χ0n) is 60.5. The summed E-state index contributed by atoms with van der Waals surface area (Å²) in [4.78, 5) is 0. The molecule has 0 fully saturated rings. The minimum atomic E-state index is 0.413. The lowest BCUT2D eigenvalue weighted by Crippen LogP contribution is -1.95. The predicted octanol–water partition coefficient (Wildman–Crippen LogP) is 29.9. The summed E-state index contributed by atoms with van der Waals surface area (Å²) in [5, 5.41) is 25.7. The quantitative estimate of drug-likeness (QED) is 0.128. The number of para-hydroxylation sites is 2. The van der Waals surface area contributed by atoms with E-state index in [1.807, 2.05) is 0 Å². The highest BCUT2D eigenvalue weighted by Gasteiger charge is 2.26. The molecule has 0 saturated heterocycles. The van der Waals surface area contributed by atoms with Crippen LogP contribution in [0, 0.1) is 0 Å². The maximum Gasteiger partial charge on any atom is 0.0547 e. The van der Waals surface area contributed by atoms with Crippen LogP contribution in [0.15, 0.2) is 394 Å². The van der Waals surface area contributed by atoms with Gasteiger partial charge in [-0.15, -0.1) is 0 Å². The Morgan fingerprint density at radius 3 is 0.826 bits per heavy atom. The van der Waals surface area contributed by atoms with E-state index in [2.05, 4.69) is 417 Å². The molecule has 2 nitrogen and oxygen atoms in total. The second kappa shape index (κ2) is 26.0. The van der Waals surface area contributed by atoms with Gasteiger partial charge < -0.3 is 9.13 Å². The van der Waals surface area contributed by atoms with Gasteiger partial charge in [-0.25, -0.2) is 0 Å². The fraction of sp³-hybridized carbons (Fsp3) is 0.0280. The van der Waals surface area contributed by atoms with Gasteiger partial charge in [-0.2, -0.15) is 0 Å². The fourth-order valence-corrected chi connectivity index (χ4v) is 18.6. The zero-order chi connectivity index (χ0) is 72.2. The molecule has 0 unspecified atom stereocenters. The van der Waals surface area contributed by atoms with Crippen molar-refractivity contribution < 1.29 is 0 Å². The van der Waals surface area contributed by atoms with E-state index in [4.69, 9.17) is 0 Å². The van der Waals surface area contributed by atoms with Crippen LogP contribution in [0.25, 0.3) is 208 Å². The molecule has 22 aromatic rings. The third kappa shape index (κ3) is 10.2. The molecule has 109 heavy (non-hydrogen) atoms. The fourth-order valence-electron chi connectivity index (χ4n) is 18.6. The molecule has 510 valence electrons. The summed E-state index contributed by atoms with van der Waals surface area (Å²) < 4.78 is 4.92. The Hall–Kier alpha value is -13.9. The van der Waals surface area contributed by atoms with Crippen molar-refractivity contribution in [3.63, 3.8) is 0 Å². The molecule has 2 aromatic heterocycles. The van der Waals surface area contributed by atoms with Crippen LogP contribution in [-0.4, -0.2) is 9.13 Å². The van der Waals surface area contributed by atoms with Crippen molar-refractivity contribution in [2.45, 2.75) is 19.8 Å². The maximum atomic E-state index is 2.47. The molecule has 2 heterocycles. The van der Waals surface area contributed by atoms with Crippen molar-refractivity contribution >= 4 is 130 Å². The predicted molar refractivity (Wildman–Crippen MR) is 468 cm³/mol. The molecule has 0 atom stereocenters. The van der Waals surface area contributed by atoms with E-state index in [0.29, 0.717) is 5.92 Å². The van der Waals surface area contributed by atoms with E-state index in [9.17, 15) is 0 Å². The summed E-state index contributed by atoms with van der Waals surface area (Å²) in [6.45, 7) is 4.63. The van der Waals surface area contributed by atoms with E-state index in [1.54, 1.807) is 0 Å². The Morgan fingerprint density at radius 2 is 0.450 bits per heavy atom. The van der Waals surface area contributed by atoms with E-state index >= 15 is 0 Å². The molecule has 0 amide bonds. The second-order valence-electron chi connectivity index (χ2n) is 29.3. The lowest BCUT2D eigenvalue weighted by atomic mass is 9.84. The van der Waals surface area contributed by atoms with Gasteiger partial charge in [-0.3, -0.25) is 0 Å². The minimum absolute atomic E-state index is 0.413. The van der Waals surface area contributed by atoms with E-state index in [-0.39, 0.29) is 0 Å². The molecule has 20 aromatic carbocycles. The number of hydrogen-bond acceptors (Lipinski definition) is 0. The van der Waals surface area contributed by atoms with E-state index < -0.39 is 0 Å². The van der Waals surface area contributed by atoms with Crippen molar-refractivity contribution in [1.82, 2.24) is 9.13 Å². The third-order valence-electron chi connectivity index (χ3n) is 23.1. The molecule has 0 N–H and O–H groups in total. The van der Waals surface area contributed by atoms with Gasteiger partial charge in [0.2, 0.25) is 0 Å². The first kappa shape index (κ1) is 63.5. The van der Waals surface area contributed by atoms with Crippen molar-refractivity contribution in [3.05, 3.63) is 400 Å². The molecule has 0 bridgehead atoms. The molecule has 0 radical (unpaired) electrons. The molecule has 0 aliphatic rings. The van der Waals surface area contributed by atoms with Gasteiger partial charge in [-0.1, -0.05) is 354 Å². The molecule has 0 spiro atoms. The third-order valence-corrected chi connectivity index (χ3v) is 23.1. The molecule has 2 heteroatoms. The Labute approximate surface area is 632 Å². The minimum Gasteiger partial charge on any atom is -0.309 e. The van der Waals surface area contributed by atoms with Gasteiger partial charge in [0.15, 0.2) is 0 Å².